The molecule has 0 aliphatic carbocycles. The van der Waals surface area contributed by atoms with Crippen molar-refractivity contribution in [2.45, 2.75) is 53.0 Å². The van der Waals surface area contributed by atoms with Crippen LogP contribution in [0.5, 0.6) is 0 Å². The van der Waals surface area contributed by atoms with Crippen LogP contribution in [-0.2, 0) is 6.42 Å². The van der Waals surface area contributed by atoms with Gasteiger partial charge in [-0.25, -0.2) is 0 Å². The topological polar surface area (TPSA) is 12.0 Å². The molecule has 1 N–H and O–H groups in total. The molecule has 2 heteroatoms. The van der Waals surface area contributed by atoms with E-state index in [0.29, 0.717) is 11.5 Å². The van der Waals surface area contributed by atoms with E-state index in [2.05, 4.69) is 79.9 Å². The number of halogens is 1. The first-order valence-electron chi connectivity index (χ1n) is 6.91. The molecule has 18 heavy (non-hydrogen) atoms. The first kappa shape index (κ1) is 16.0. The first-order valence-corrected chi connectivity index (χ1v) is 7.99. The molecule has 1 rings (SSSR count). The Morgan fingerprint density at radius 1 is 1.17 bits per heavy atom. The Hall–Kier alpha value is -0.0900. The molecule has 0 saturated heterocycles. The Balaban J connectivity index is 2.41. The maximum Gasteiger partial charge on any atom is 0.0130 e. The fourth-order valence-electron chi connectivity index (χ4n) is 2.25. The summed E-state index contributed by atoms with van der Waals surface area (Å²) in [7, 11) is 0. The van der Waals surface area contributed by atoms with E-state index >= 15 is 0 Å². The summed E-state index contributed by atoms with van der Waals surface area (Å²) in [5.74, 6) is 0. The minimum atomic E-state index is 0.349. The molecular weight excluding hydrogens is 333 g/mol. The lowest BCUT2D eigenvalue weighted by Crippen LogP contribution is -2.40. The fraction of sp³-hybridized carbons (Fsp3) is 0.625. The number of hydrogen-bond donors (Lipinski definition) is 1. The largest absolute Gasteiger partial charge is 0.314 e. The minimum Gasteiger partial charge on any atom is -0.314 e. The first-order chi connectivity index (χ1) is 8.43. The van der Waals surface area contributed by atoms with E-state index in [9.17, 15) is 0 Å². The van der Waals surface area contributed by atoms with Gasteiger partial charge in [-0.05, 0) is 71.5 Å². The van der Waals surface area contributed by atoms with Gasteiger partial charge in [0.25, 0.3) is 0 Å². The van der Waals surface area contributed by atoms with Crippen LogP contribution in [0.25, 0.3) is 0 Å². The minimum absolute atomic E-state index is 0.349. The zero-order valence-electron chi connectivity index (χ0n) is 12.1. The number of rotatable bonds is 6. The summed E-state index contributed by atoms with van der Waals surface area (Å²) < 4.78 is 1.32. The zero-order chi connectivity index (χ0) is 13.6. The van der Waals surface area contributed by atoms with Crippen LogP contribution in [0.1, 0.15) is 46.1 Å². The van der Waals surface area contributed by atoms with Gasteiger partial charge in [0.1, 0.15) is 0 Å². The monoisotopic (exact) mass is 359 g/mol. The molecule has 0 radical (unpaired) electrons. The third-order valence-electron chi connectivity index (χ3n) is 3.37. The van der Waals surface area contributed by atoms with Gasteiger partial charge in [-0.15, -0.1) is 0 Å². The molecule has 1 atom stereocenters. The van der Waals surface area contributed by atoms with Gasteiger partial charge in [-0.2, -0.15) is 0 Å². The van der Waals surface area contributed by atoms with Crippen molar-refractivity contribution in [2.24, 2.45) is 5.41 Å². The summed E-state index contributed by atoms with van der Waals surface area (Å²) in [4.78, 5) is 0. The number of benzene rings is 1. The Morgan fingerprint density at radius 2 is 1.78 bits per heavy atom. The van der Waals surface area contributed by atoms with Crippen molar-refractivity contribution in [1.82, 2.24) is 5.32 Å². The van der Waals surface area contributed by atoms with Crippen LogP contribution in [0, 0.1) is 8.99 Å². The zero-order valence-corrected chi connectivity index (χ0v) is 14.3. The summed E-state index contributed by atoms with van der Waals surface area (Å²) in [6.45, 7) is 10.2. The summed E-state index contributed by atoms with van der Waals surface area (Å²) >= 11 is 2.36. The molecule has 0 heterocycles. The van der Waals surface area contributed by atoms with Crippen LogP contribution in [0.4, 0.5) is 0 Å². The average Bonchev–Trinajstić information content (AvgIpc) is 2.29. The number of hydrogen-bond acceptors (Lipinski definition) is 1. The maximum atomic E-state index is 3.62. The third kappa shape index (κ3) is 5.70. The van der Waals surface area contributed by atoms with Crippen LogP contribution in [0.15, 0.2) is 24.3 Å². The van der Waals surface area contributed by atoms with Crippen molar-refractivity contribution in [3.05, 3.63) is 33.4 Å². The van der Waals surface area contributed by atoms with Crippen molar-refractivity contribution >= 4 is 22.6 Å². The van der Waals surface area contributed by atoms with E-state index in [-0.39, 0.29) is 0 Å². The molecule has 1 unspecified atom stereocenters. The lowest BCUT2D eigenvalue weighted by atomic mass is 9.83. The van der Waals surface area contributed by atoms with Crippen LogP contribution in [0.3, 0.4) is 0 Å². The lowest BCUT2D eigenvalue weighted by Gasteiger charge is -2.31. The number of nitrogens with one attached hydrogen (secondary N) is 1. The summed E-state index contributed by atoms with van der Waals surface area (Å²) in [5.41, 5.74) is 1.81. The molecule has 0 aliphatic heterocycles. The van der Waals surface area contributed by atoms with E-state index in [4.69, 9.17) is 0 Å². The molecule has 1 nitrogen and oxygen atoms in total. The van der Waals surface area contributed by atoms with E-state index in [1.807, 2.05) is 0 Å². The average molecular weight is 359 g/mol. The van der Waals surface area contributed by atoms with Gasteiger partial charge < -0.3 is 5.32 Å². The molecule has 0 aliphatic rings. The SMILES string of the molecule is CCNC(CCCc1ccc(I)cc1)C(C)(C)C. The van der Waals surface area contributed by atoms with Crippen LogP contribution in [-0.4, -0.2) is 12.6 Å². The van der Waals surface area contributed by atoms with E-state index in [0.717, 1.165) is 6.54 Å². The van der Waals surface area contributed by atoms with Gasteiger partial charge in [-0.3, -0.25) is 0 Å². The third-order valence-corrected chi connectivity index (χ3v) is 4.09. The van der Waals surface area contributed by atoms with Crippen molar-refractivity contribution in [3.8, 4) is 0 Å². The molecule has 0 amide bonds. The maximum absolute atomic E-state index is 3.62. The smallest absolute Gasteiger partial charge is 0.0130 e. The predicted octanol–water partition coefficient (Wildman–Crippen LogP) is 4.64. The molecule has 0 spiro atoms. The highest BCUT2D eigenvalue weighted by Gasteiger charge is 2.22. The van der Waals surface area contributed by atoms with Gasteiger partial charge >= 0.3 is 0 Å². The lowest BCUT2D eigenvalue weighted by molar-refractivity contribution is 0.254. The van der Waals surface area contributed by atoms with Crippen molar-refractivity contribution in [3.63, 3.8) is 0 Å². The predicted molar refractivity (Wildman–Crippen MR) is 89.0 cm³/mol. The van der Waals surface area contributed by atoms with E-state index in [1.54, 1.807) is 0 Å². The van der Waals surface area contributed by atoms with Gasteiger partial charge in [0.15, 0.2) is 0 Å². The highest BCUT2D eigenvalue weighted by atomic mass is 127. The second kappa shape index (κ2) is 7.49. The summed E-state index contributed by atoms with van der Waals surface area (Å²) in [6, 6.07) is 9.51. The highest BCUT2D eigenvalue weighted by molar-refractivity contribution is 14.1. The van der Waals surface area contributed by atoms with Gasteiger partial charge in [0.2, 0.25) is 0 Å². The fourth-order valence-corrected chi connectivity index (χ4v) is 2.61. The quantitative estimate of drug-likeness (QED) is 0.730. The summed E-state index contributed by atoms with van der Waals surface area (Å²) in [6.07, 6.45) is 3.70. The molecule has 0 bridgehead atoms. The second-order valence-corrected chi connectivity index (χ2v) is 7.24. The molecule has 0 fully saturated rings. The Morgan fingerprint density at radius 3 is 2.28 bits per heavy atom. The van der Waals surface area contributed by atoms with Gasteiger partial charge in [0.05, 0.1) is 0 Å². The standard InChI is InChI=1S/C16H26IN/c1-5-18-15(16(2,3)4)8-6-7-13-9-11-14(17)12-10-13/h9-12,15,18H,5-8H2,1-4H3. The van der Waals surface area contributed by atoms with Gasteiger partial charge in [-0.1, -0.05) is 39.8 Å². The van der Waals surface area contributed by atoms with Crippen molar-refractivity contribution < 1.29 is 0 Å². The van der Waals surface area contributed by atoms with Crippen molar-refractivity contribution in [2.75, 3.05) is 6.54 Å². The molecular formula is C16H26IN. The molecule has 1 aromatic carbocycles. The van der Waals surface area contributed by atoms with E-state index in [1.165, 1.54) is 28.4 Å². The van der Waals surface area contributed by atoms with Crippen LogP contribution >= 0.6 is 22.6 Å². The van der Waals surface area contributed by atoms with E-state index < -0.39 is 0 Å². The highest BCUT2D eigenvalue weighted by Crippen LogP contribution is 2.23. The molecule has 0 aromatic heterocycles. The van der Waals surface area contributed by atoms with Crippen molar-refractivity contribution in [1.29, 1.82) is 0 Å². The van der Waals surface area contributed by atoms with Gasteiger partial charge in [0, 0.05) is 9.61 Å². The summed E-state index contributed by atoms with van der Waals surface area (Å²) in [5, 5.41) is 3.62. The molecule has 102 valence electrons. The van der Waals surface area contributed by atoms with Crippen LogP contribution < -0.4 is 5.32 Å². The van der Waals surface area contributed by atoms with Crippen LogP contribution in [0.2, 0.25) is 0 Å². The Bertz CT molecular complexity index is 337. The Kier molecular flexibility index (Phi) is 6.64. The molecule has 0 saturated carbocycles. The number of aryl methyl sites for hydroxylation is 1. The Labute approximate surface area is 126 Å². The normalized spacial score (nSPS) is 13.6. The molecule has 1 aromatic rings. The second-order valence-electron chi connectivity index (χ2n) is 5.99.